The first-order valence-electron chi connectivity index (χ1n) is 9.27. The number of anilines is 1. The zero-order chi connectivity index (χ0) is 22.3. The second-order valence-corrected chi connectivity index (χ2v) is 9.01. The van der Waals surface area contributed by atoms with E-state index in [1.54, 1.807) is 0 Å². The van der Waals surface area contributed by atoms with Gasteiger partial charge in [0.2, 0.25) is 0 Å². The number of hydrogen-bond acceptors (Lipinski definition) is 5. The molecule has 30 heavy (non-hydrogen) atoms. The van der Waals surface area contributed by atoms with E-state index in [1.807, 2.05) is 40.0 Å². The van der Waals surface area contributed by atoms with Crippen molar-refractivity contribution in [1.29, 1.82) is 0 Å². The monoisotopic (exact) mass is 437 g/mol. The van der Waals surface area contributed by atoms with E-state index < -0.39 is 11.7 Å². The summed E-state index contributed by atoms with van der Waals surface area (Å²) in [6, 6.07) is 2.18. The van der Waals surface area contributed by atoms with Crippen molar-refractivity contribution in [2.45, 2.75) is 52.1 Å². The van der Waals surface area contributed by atoms with Crippen molar-refractivity contribution < 1.29 is 18.0 Å². The minimum Gasteiger partial charge on any atom is -0.298 e. The molecule has 0 aliphatic heterocycles. The van der Waals surface area contributed by atoms with Gasteiger partial charge in [0, 0.05) is 17.0 Å². The quantitative estimate of drug-likeness (QED) is 0.592. The molecule has 0 fully saturated rings. The van der Waals surface area contributed by atoms with Gasteiger partial charge in [-0.3, -0.25) is 10.1 Å². The summed E-state index contributed by atoms with van der Waals surface area (Å²) in [7, 11) is 0. The summed E-state index contributed by atoms with van der Waals surface area (Å²) in [6.45, 7) is 9.84. The predicted octanol–water partition coefficient (Wildman–Crippen LogP) is 5.42. The normalized spacial score (nSPS) is 12.4. The Labute approximate surface area is 176 Å². The van der Waals surface area contributed by atoms with Gasteiger partial charge >= 0.3 is 6.18 Å². The van der Waals surface area contributed by atoms with Crippen LogP contribution in [0.4, 0.5) is 18.3 Å². The van der Waals surface area contributed by atoms with Crippen LogP contribution in [0.5, 0.6) is 0 Å². The van der Waals surface area contributed by atoms with Crippen LogP contribution in [0, 0.1) is 0 Å². The van der Waals surface area contributed by atoms with Crippen molar-refractivity contribution in [3.8, 4) is 5.82 Å². The zero-order valence-corrected chi connectivity index (χ0v) is 18.0. The van der Waals surface area contributed by atoms with Gasteiger partial charge in [-0.1, -0.05) is 34.6 Å². The molecule has 0 aliphatic rings. The smallest absolute Gasteiger partial charge is 0.298 e. The number of carbonyl (C=O) groups is 1. The van der Waals surface area contributed by atoms with E-state index >= 15 is 0 Å². The molecule has 3 rings (SSSR count). The standard InChI is InChI=1S/C20H22F3N5OS/c1-11(2)16-13(17(29)27-18-26-14(10-30-18)19(3,4)5)9-25-28(16)15-7-6-12(8-24-15)20(21,22)23/h6-11H,1-5H3,(H,26,27,29). The molecule has 0 saturated carbocycles. The first-order chi connectivity index (χ1) is 13.9. The second-order valence-electron chi connectivity index (χ2n) is 8.15. The highest BCUT2D eigenvalue weighted by Crippen LogP contribution is 2.30. The van der Waals surface area contributed by atoms with Gasteiger partial charge in [-0.25, -0.2) is 14.6 Å². The number of pyridine rings is 1. The van der Waals surface area contributed by atoms with Crippen molar-refractivity contribution in [3.63, 3.8) is 0 Å². The molecular formula is C20H22F3N5OS. The highest BCUT2D eigenvalue weighted by molar-refractivity contribution is 7.14. The van der Waals surface area contributed by atoms with Crippen LogP contribution in [0.3, 0.4) is 0 Å². The molecule has 3 aromatic heterocycles. The molecule has 10 heteroatoms. The molecule has 160 valence electrons. The number of aromatic nitrogens is 4. The third-order valence-corrected chi connectivity index (χ3v) is 5.14. The van der Waals surface area contributed by atoms with Gasteiger partial charge in [-0.05, 0) is 18.1 Å². The Morgan fingerprint density at radius 3 is 2.37 bits per heavy atom. The number of nitrogens with zero attached hydrogens (tertiary/aromatic N) is 4. The van der Waals surface area contributed by atoms with Crippen molar-refractivity contribution in [2.24, 2.45) is 0 Å². The summed E-state index contributed by atoms with van der Waals surface area (Å²) in [5, 5.41) is 9.36. The Bertz CT molecular complexity index is 1050. The molecule has 0 aromatic carbocycles. The first kappa shape index (κ1) is 21.9. The van der Waals surface area contributed by atoms with Crippen LogP contribution >= 0.6 is 11.3 Å². The maximum Gasteiger partial charge on any atom is 0.417 e. The van der Waals surface area contributed by atoms with Crippen molar-refractivity contribution >= 4 is 22.4 Å². The van der Waals surface area contributed by atoms with Crippen molar-refractivity contribution in [2.75, 3.05) is 5.32 Å². The van der Waals surface area contributed by atoms with Crippen LogP contribution in [0.2, 0.25) is 0 Å². The molecule has 0 bridgehead atoms. The molecule has 0 atom stereocenters. The Morgan fingerprint density at radius 1 is 1.17 bits per heavy atom. The lowest BCUT2D eigenvalue weighted by atomic mass is 9.93. The number of carbonyl (C=O) groups excluding carboxylic acids is 1. The third kappa shape index (κ3) is 4.53. The average molecular weight is 437 g/mol. The number of alkyl halides is 3. The Morgan fingerprint density at radius 2 is 1.87 bits per heavy atom. The van der Waals surface area contributed by atoms with E-state index in [0.717, 1.165) is 18.0 Å². The van der Waals surface area contributed by atoms with Crippen LogP contribution in [0.25, 0.3) is 5.82 Å². The van der Waals surface area contributed by atoms with Crippen molar-refractivity contribution in [3.05, 3.63) is 52.4 Å². The van der Waals surface area contributed by atoms with Gasteiger partial charge < -0.3 is 0 Å². The van der Waals surface area contributed by atoms with Crippen LogP contribution in [-0.4, -0.2) is 25.7 Å². The number of nitrogens with one attached hydrogen (secondary N) is 1. The minimum absolute atomic E-state index is 0.126. The van der Waals surface area contributed by atoms with Crippen LogP contribution in [0.15, 0.2) is 29.9 Å². The van der Waals surface area contributed by atoms with E-state index in [0.29, 0.717) is 16.4 Å². The van der Waals surface area contributed by atoms with Gasteiger partial charge in [0.1, 0.15) is 0 Å². The largest absolute Gasteiger partial charge is 0.417 e. The fraction of sp³-hybridized carbons (Fsp3) is 0.400. The molecule has 3 heterocycles. The summed E-state index contributed by atoms with van der Waals surface area (Å²) < 4.78 is 39.8. The van der Waals surface area contributed by atoms with E-state index in [1.165, 1.54) is 28.3 Å². The lowest BCUT2D eigenvalue weighted by molar-refractivity contribution is -0.137. The highest BCUT2D eigenvalue weighted by atomic mass is 32.1. The summed E-state index contributed by atoms with van der Waals surface area (Å²) in [6.07, 6.45) is -2.33. The van der Waals surface area contributed by atoms with Crippen LogP contribution in [-0.2, 0) is 11.6 Å². The number of thiazole rings is 1. The summed E-state index contributed by atoms with van der Waals surface area (Å²) in [4.78, 5) is 21.2. The second kappa shape index (κ2) is 7.82. The Hall–Kier alpha value is -2.75. The van der Waals surface area contributed by atoms with Crippen LogP contribution < -0.4 is 5.32 Å². The molecule has 0 unspecified atom stereocenters. The van der Waals surface area contributed by atoms with E-state index in [9.17, 15) is 18.0 Å². The molecule has 1 amide bonds. The first-order valence-corrected chi connectivity index (χ1v) is 10.1. The topological polar surface area (TPSA) is 72.7 Å². The maximum absolute atomic E-state index is 12.9. The molecular weight excluding hydrogens is 415 g/mol. The molecule has 0 saturated heterocycles. The van der Waals surface area contributed by atoms with E-state index in [4.69, 9.17) is 0 Å². The number of amides is 1. The van der Waals surface area contributed by atoms with Crippen LogP contribution in [0.1, 0.15) is 67.8 Å². The zero-order valence-electron chi connectivity index (χ0n) is 17.2. The third-order valence-electron chi connectivity index (χ3n) is 4.38. The molecule has 0 spiro atoms. The van der Waals surface area contributed by atoms with Crippen molar-refractivity contribution in [1.82, 2.24) is 19.7 Å². The number of halogens is 3. The lowest BCUT2D eigenvalue weighted by Gasteiger charge is -2.14. The Kier molecular flexibility index (Phi) is 5.72. The minimum atomic E-state index is -4.47. The lowest BCUT2D eigenvalue weighted by Crippen LogP contribution is -2.16. The number of hydrogen-bond donors (Lipinski definition) is 1. The summed E-state index contributed by atoms with van der Waals surface area (Å²) >= 11 is 1.33. The van der Waals surface area contributed by atoms with Gasteiger partial charge in [0.25, 0.3) is 5.91 Å². The summed E-state index contributed by atoms with van der Waals surface area (Å²) in [5.74, 6) is -0.305. The molecule has 0 radical (unpaired) electrons. The molecule has 6 nitrogen and oxygen atoms in total. The molecule has 0 aliphatic carbocycles. The maximum atomic E-state index is 12.9. The predicted molar refractivity (Wildman–Crippen MR) is 109 cm³/mol. The Balaban J connectivity index is 1.91. The average Bonchev–Trinajstić information content (AvgIpc) is 3.27. The fourth-order valence-corrected chi connectivity index (χ4v) is 3.72. The fourth-order valence-electron chi connectivity index (χ4n) is 2.79. The summed E-state index contributed by atoms with van der Waals surface area (Å²) in [5.41, 5.74) is 0.755. The van der Waals surface area contributed by atoms with E-state index in [-0.39, 0.29) is 23.1 Å². The van der Waals surface area contributed by atoms with Gasteiger partial charge in [0.15, 0.2) is 10.9 Å². The van der Waals surface area contributed by atoms with E-state index in [2.05, 4.69) is 20.4 Å². The highest BCUT2D eigenvalue weighted by Gasteiger charge is 2.31. The molecule has 1 N–H and O–H groups in total. The SMILES string of the molecule is CC(C)c1c(C(=O)Nc2nc(C(C)(C)C)cs2)cnn1-c1ccc(C(F)(F)F)cn1. The van der Waals surface area contributed by atoms with Gasteiger partial charge in [-0.15, -0.1) is 11.3 Å². The van der Waals surface area contributed by atoms with Gasteiger partial charge in [-0.2, -0.15) is 18.3 Å². The van der Waals surface area contributed by atoms with Gasteiger partial charge in [0.05, 0.1) is 28.7 Å². The molecule has 3 aromatic rings. The number of rotatable bonds is 4.